The molecule has 0 aromatic heterocycles. The van der Waals surface area contributed by atoms with Crippen LogP contribution in [0.4, 0.5) is 17.1 Å². The van der Waals surface area contributed by atoms with E-state index >= 15 is 0 Å². The number of amides is 2. The third-order valence-electron chi connectivity index (χ3n) is 4.90. The molecule has 1 aliphatic rings. The van der Waals surface area contributed by atoms with E-state index in [2.05, 4.69) is 10.6 Å². The number of nitrogens with one attached hydrogen (secondary N) is 2. The zero-order valence-electron chi connectivity index (χ0n) is 15.6. The summed E-state index contributed by atoms with van der Waals surface area (Å²) >= 11 is 0. The van der Waals surface area contributed by atoms with Gasteiger partial charge in [-0.15, -0.1) is 0 Å². The van der Waals surface area contributed by atoms with E-state index in [1.54, 1.807) is 49.5 Å². The standard InChI is InChI=1S/C20H22N4O4/c1-21-19(25)15-5-4-6-16(13-15)22-20(26)14-9-11-23(12-10-14)17-7-2-3-8-18(17)24(27)28/h2-8,13-14H,9-12H2,1H3,(H,21,25)(H,22,26). The Morgan fingerprint density at radius 1 is 1.11 bits per heavy atom. The highest BCUT2D eigenvalue weighted by molar-refractivity contribution is 5.97. The molecular formula is C20H22N4O4. The van der Waals surface area contributed by atoms with Gasteiger partial charge in [-0.25, -0.2) is 0 Å². The van der Waals surface area contributed by atoms with Crippen molar-refractivity contribution < 1.29 is 14.5 Å². The average Bonchev–Trinajstić information content (AvgIpc) is 2.73. The van der Waals surface area contributed by atoms with E-state index in [1.807, 2.05) is 4.90 Å². The molecule has 28 heavy (non-hydrogen) atoms. The van der Waals surface area contributed by atoms with Crippen LogP contribution in [0.3, 0.4) is 0 Å². The Balaban J connectivity index is 1.62. The largest absolute Gasteiger partial charge is 0.366 e. The van der Waals surface area contributed by atoms with Gasteiger partial charge in [-0.1, -0.05) is 18.2 Å². The maximum absolute atomic E-state index is 12.6. The molecule has 1 saturated heterocycles. The molecule has 2 N–H and O–H groups in total. The van der Waals surface area contributed by atoms with Gasteiger partial charge in [0.05, 0.1) is 4.92 Å². The molecule has 8 nitrogen and oxygen atoms in total. The van der Waals surface area contributed by atoms with E-state index in [4.69, 9.17) is 0 Å². The van der Waals surface area contributed by atoms with Crippen molar-refractivity contribution in [3.8, 4) is 0 Å². The van der Waals surface area contributed by atoms with Crippen LogP contribution in [0.25, 0.3) is 0 Å². The highest BCUT2D eigenvalue weighted by Gasteiger charge is 2.28. The first kappa shape index (κ1) is 19.3. The van der Waals surface area contributed by atoms with Crippen LogP contribution in [0.2, 0.25) is 0 Å². The second kappa shape index (κ2) is 8.51. The van der Waals surface area contributed by atoms with Crippen molar-refractivity contribution in [1.29, 1.82) is 0 Å². The van der Waals surface area contributed by atoms with Crippen molar-refractivity contribution in [3.05, 3.63) is 64.2 Å². The minimum Gasteiger partial charge on any atom is -0.366 e. The summed E-state index contributed by atoms with van der Waals surface area (Å²) in [5.74, 6) is -0.493. The summed E-state index contributed by atoms with van der Waals surface area (Å²) in [6, 6.07) is 13.4. The van der Waals surface area contributed by atoms with Gasteiger partial charge in [0, 0.05) is 43.4 Å². The van der Waals surface area contributed by atoms with Gasteiger partial charge < -0.3 is 15.5 Å². The van der Waals surface area contributed by atoms with Crippen molar-refractivity contribution in [3.63, 3.8) is 0 Å². The third kappa shape index (κ3) is 4.28. The summed E-state index contributed by atoms with van der Waals surface area (Å²) in [5, 5.41) is 16.6. The fraction of sp³-hybridized carbons (Fsp3) is 0.300. The van der Waals surface area contributed by atoms with Crippen LogP contribution in [0.1, 0.15) is 23.2 Å². The highest BCUT2D eigenvalue weighted by Crippen LogP contribution is 2.31. The number of nitro groups is 1. The van der Waals surface area contributed by atoms with Gasteiger partial charge in [0.1, 0.15) is 5.69 Å². The predicted octanol–water partition coefficient (Wildman–Crippen LogP) is 2.81. The predicted molar refractivity (Wildman–Crippen MR) is 106 cm³/mol. The SMILES string of the molecule is CNC(=O)c1cccc(NC(=O)C2CCN(c3ccccc3[N+](=O)[O-])CC2)c1. The lowest BCUT2D eigenvalue weighted by Crippen LogP contribution is -2.38. The Bertz CT molecular complexity index is 891. The highest BCUT2D eigenvalue weighted by atomic mass is 16.6. The molecule has 8 heteroatoms. The van der Waals surface area contributed by atoms with Crippen LogP contribution in [0.5, 0.6) is 0 Å². The first-order chi connectivity index (χ1) is 13.5. The molecule has 3 rings (SSSR count). The first-order valence-corrected chi connectivity index (χ1v) is 9.11. The average molecular weight is 382 g/mol. The van der Waals surface area contributed by atoms with Crippen molar-refractivity contribution in [2.45, 2.75) is 12.8 Å². The van der Waals surface area contributed by atoms with Crippen LogP contribution >= 0.6 is 0 Å². The van der Waals surface area contributed by atoms with E-state index in [0.29, 0.717) is 42.9 Å². The number of para-hydroxylation sites is 2. The Kier molecular flexibility index (Phi) is 5.88. The number of carbonyl (C=O) groups is 2. The van der Waals surface area contributed by atoms with Crippen LogP contribution in [0.15, 0.2) is 48.5 Å². The Morgan fingerprint density at radius 2 is 1.82 bits per heavy atom. The molecule has 0 aliphatic carbocycles. The van der Waals surface area contributed by atoms with Crippen LogP contribution in [0, 0.1) is 16.0 Å². The lowest BCUT2D eigenvalue weighted by atomic mass is 9.95. The number of hydrogen-bond donors (Lipinski definition) is 2. The normalized spacial score (nSPS) is 14.4. The molecule has 1 aliphatic heterocycles. The number of nitrogens with zero attached hydrogens (tertiary/aromatic N) is 2. The van der Waals surface area contributed by atoms with Gasteiger partial charge in [-0.2, -0.15) is 0 Å². The molecule has 0 radical (unpaired) electrons. The number of hydrogen-bond acceptors (Lipinski definition) is 5. The second-order valence-electron chi connectivity index (χ2n) is 6.66. The van der Waals surface area contributed by atoms with E-state index in [9.17, 15) is 19.7 Å². The number of nitro benzene ring substituents is 1. The number of rotatable bonds is 5. The smallest absolute Gasteiger partial charge is 0.292 e. The van der Waals surface area contributed by atoms with E-state index < -0.39 is 0 Å². The molecule has 0 spiro atoms. The van der Waals surface area contributed by atoms with Crippen LogP contribution in [-0.4, -0.2) is 36.9 Å². The lowest BCUT2D eigenvalue weighted by molar-refractivity contribution is -0.384. The minimum atomic E-state index is -0.381. The summed E-state index contributed by atoms with van der Waals surface area (Å²) in [6.45, 7) is 1.14. The fourth-order valence-corrected chi connectivity index (χ4v) is 3.40. The second-order valence-corrected chi connectivity index (χ2v) is 6.66. The van der Waals surface area contributed by atoms with E-state index in [-0.39, 0.29) is 28.3 Å². The quantitative estimate of drug-likeness (QED) is 0.611. The molecule has 0 bridgehead atoms. The maximum atomic E-state index is 12.6. The molecule has 0 atom stereocenters. The molecule has 146 valence electrons. The molecule has 2 amide bonds. The topological polar surface area (TPSA) is 105 Å². The lowest BCUT2D eigenvalue weighted by Gasteiger charge is -2.32. The van der Waals surface area contributed by atoms with E-state index in [0.717, 1.165) is 0 Å². The fourth-order valence-electron chi connectivity index (χ4n) is 3.40. The molecular weight excluding hydrogens is 360 g/mol. The summed E-state index contributed by atoms with van der Waals surface area (Å²) in [7, 11) is 1.55. The number of piperidine rings is 1. The summed E-state index contributed by atoms with van der Waals surface area (Å²) in [4.78, 5) is 37.1. The minimum absolute atomic E-state index is 0.0800. The van der Waals surface area contributed by atoms with Crippen molar-refractivity contribution in [2.24, 2.45) is 5.92 Å². The van der Waals surface area contributed by atoms with Gasteiger partial charge >= 0.3 is 0 Å². The molecule has 1 heterocycles. The molecule has 0 saturated carbocycles. The molecule has 2 aromatic rings. The Labute approximate surface area is 162 Å². The molecule has 2 aromatic carbocycles. The van der Waals surface area contributed by atoms with Gasteiger partial charge in [-0.05, 0) is 37.1 Å². The number of anilines is 2. The van der Waals surface area contributed by atoms with Crippen molar-refractivity contribution in [2.75, 3.05) is 30.4 Å². The summed E-state index contributed by atoms with van der Waals surface area (Å²) in [6.07, 6.45) is 1.21. The Hall–Kier alpha value is -3.42. The third-order valence-corrected chi connectivity index (χ3v) is 4.90. The zero-order valence-corrected chi connectivity index (χ0v) is 15.6. The van der Waals surface area contributed by atoms with Crippen molar-refractivity contribution >= 4 is 28.9 Å². The monoisotopic (exact) mass is 382 g/mol. The first-order valence-electron chi connectivity index (χ1n) is 9.11. The maximum Gasteiger partial charge on any atom is 0.292 e. The van der Waals surface area contributed by atoms with Gasteiger partial charge in [0.25, 0.3) is 11.6 Å². The number of benzene rings is 2. The van der Waals surface area contributed by atoms with E-state index in [1.165, 1.54) is 6.07 Å². The molecule has 1 fully saturated rings. The van der Waals surface area contributed by atoms with Crippen LogP contribution < -0.4 is 15.5 Å². The van der Waals surface area contributed by atoms with Crippen LogP contribution in [-0.2, 0) is 4.79 Å². The molecule has 0 unspecified atom stereocenters. The Morgan fingerprint density at radius 3 is 2.50 bits per heavy atom. The van der Waals surface area contributed by atoms with Gasteiger partial charge in [-0.3, -0.25) is 19.7 Å². The van der Waals surface area contributed by atoms with Gasteiger partial charge in [0.2, 0.25) is 5.91 Å². The number of carbonyl (C=O) groups excluding carboxylic acids is 2. The summed E-state index contributed by atoms with van der Waals surface area (Å²) < 4.78 is 0. The van der Waals surface area contributed by atoms with Gasteiger partial charge in [0.15, 0.2) is 0 Å². The van der Waals surface area contributed by atoms with Crippen molar-refractivity contribution in [1.82, 2.24) is 5.32 Å². The summed E-state index contributed by atoms with van der Waals surface area (Å²) in [5.41, 5.74) is 1.72. The zero-order chi connectivity index (χ0) is 20.1.